The van der Waals surface area contributed by atoms with Crippen LogP contribution in [0, 0.1) is 0 Å². The summed E-state index contributed by atoms with van der Waals surface area (Å²) in [6.45, 7) is 4.28. The Kier molecular flexibility index (Phi) is 6.08. The van der Waals surface area contributed by atoms with Gasteiger partial charge in [-0.2, -0.15) is 0 Å². The molecule has 0 saturated heterocycles. The van der Waals surface area contributed by atoms with Crippen molar-refractivity contribution in [2.24, 2.45) is 0 Å². The molecule has 3 heterocycles. The zero-order valence-corrected chi connectivity index (χ0v) is 18.5. The summed E-state index contributed by atoms with van der Waals surface area (Å²) >= 11 is 0. The van der Waals surface area contributed by atoms with Crippen molar-refractivity contribution in [2.45, 2.75) is 58.5 Å². The summed E-state index contributed by atoms with van der Waals surface area (Å²) in [6.07, 6.45) is 2.76. The Hall–Kier alpha value is -3.82. The monoisotopic (exact) mass is 454 g/mol. The molecule has 4 rings (SSSR count). The van der Waals surface area contributed by atoms with Gasteiger partial charge in [-0.25, -0.2) is 9.59 Å². The third-order valence-electron chi connectivity index (χ3n) is 5.88. The normalized spacial score (nSPS) is 14.4. The number of nitrogens with one attached hydrogen (secondary N) is 2. The molecule has 1 aliphatic rings. The molecule has 3 aromatic rings. The molecule has 174 valence electrons. The highest BCUT2D eigenvalue weighted by Crippen LogP contribution is 2.45. The van der Waals surface area contributed by atoms with E-state index in [1.807, 2.05) is 13.8 Å². The van der Waals surface area contributed by atoms with Crippen molar-refractivity contribution < 1.29 is 9.84 Å². The van der Waals surface area contributed by atoms with Gasteiger partial charge in [0.05, 0.1) is 17.0 Å². The molecule has 33 heavy (non-hydrogen) atoms. The lowest BCUT2D eigenvalue weighted by Gasteiger charge is -2.28. The molecule has 2 aromatic heterocycles. The van der Waals surface area contributed by atoms with Gasteiger partial charge in [-0.1, -0.05) is 44.9 Å². The number of unbranched alkanes of at least 4 members (excludes halogenated alkanes) is 2. The van der Waals surface area contributed by atoms with E-state index in [-0.39, 0.29) is 30.1 Å². The van der Waals surface area contributed by atoms with Crippen LogP contribution in [0.3, 0.4) is 0 Å². The first kappa shape index (κ1) is 22.4. The van der Waals surface area contributed by atoms with Gasteiger partial charge in [0.1, 0.15) is 5.75 Å². The van der Waals surface area contributed by atoms with E-state index in [0.717, 1.165) is 22.0 Å². The summed E-state index contributed by atoms with van der Waals surface area (Å²) < 4.78 is 7.99. The summed E-state index contributed by atoms with van der Waals surface area (Å²) in [7, 11) is 0. The van der Waals surface area contributed by atoms with Crippen LogP contribution in [0.5, 0.6) is 17.5 Å². The number of rotatable bonds is 7. The molecule has 3 N–H and O–H groups in total. The number of hydrogen-bond donors (Lipinski definition) is 3. The summed E-state index contributed by atoms with van der Waals surface area (Å²) in [6, 6.07) is 6.77. The molecule has 10 nitrogen and oxygen atoms in total. The summed E-state index contributed by atoms with van der Waals surface area (Å²) in [5, 5.41) is 11.1. The lowest BCUT2D eigenvalue weighted by atomic mass is 9.85. The minimum Gasteiger partial charge on any atom is -0.494 e. The summed E-state index contributed by atoms with van der Waals surface area (Å²) in [4.78, 5) is 56.3. The fraction of sp³-hybridized carbons (Fsp3) is 0.391. The van der Waals surface area contributed by atoms with E-state index in [0.29, 0.717) is 24.2 Å². The lowest BCUT2D eigenvalue weighted by Crippen LogP contribution is -2.41. The minimum atomic E-state index is -1.04. The molecule has 0 amide bonds. The highest BCUT2D eigenvalue weighted by atomic mass is 16.5. The highest BCUT2D eigenvalue weighted by Gasteiger charge is 2.37. The van der Waals surface area contributed by atoms with Crippen LogP contribution in [0.25, 0.3) is 0 Å². The van der Waals surface area contributed by atoms with Crippen LogP contribution in [-0.4, -0.2) is 24.2 Å². The van der Waals surface area contributed by atoms with Crippen molar-refractivity contribution in [1.82, 2.24) is 19.1 Å². The molecule has 0 spiro atoms. The second-order valence-corrected chi connectivity index (χ2v) is 8.06. The van der Waals surface area contributed by atoms with E-state index in [1.165, 1.54) is 0 Å². The number of benzene rings is 1. The van der Waals surface area contributed by atoms with E-state index < -0.39 is 34.3 Å². The zero-order valence-electron chi connectivity index (χ0n) is 18.5. The number of para-hydroxylation sites is 1. The van der Waals surface area contributed by atoms with Crippen molar-refractivity contribution in [3.05, 3.63) is 82.6 Å². The first-order chi connectivity index (χ1) is 15.9. The molecular weight excluding hydrogens is 428 g/mol. The van der Waals surface area contributed by atoms with Crippen molar-refractivity contribution >= 4 is 0 Å². The predicted molar refractivity (Wildman–Crippen MR) is 122 cm³/mol. The molecule has 0 aliphatic carbocycles. The Morgan fingerprint density at radius 2 is 1.55 bits per heavy atom. The number of aromatic hydroxyl groups is 1. The SMILES string of the molecule is CCCCn1c(O)c([C@@H]2c3ccccc3Oc3[nH]c(=O)n(CCCC)c(=O)c32)c(=O)[nH]c1=O. The van der Waals surface area contributed by atoms with Gasteiger partial charge in [-0.15, -0.1) is 0 Å². The van der Waals surface area contributed by atoms with Crippen LogP contribution in [0.4, 0.5) is 0 Å². The van der Waals surface area contributed by atoms with Gasteiger partial charge in [-0.05, 0) is 18.9 Å². The van der Waals surface area contributed by atoms with Gasteiger partial charge in [0.2, 0.25) is 11.8 Å². The first-order valence-electron chi connectivity index (χ1n) is 11.1. The molecular formula is C23H26N4O6. The van der Waals surface area contributed by atoms with E-state index in [9.17, 15) is 24.3 Å². The summed E-state index contributed by atoms with van der Waals surface area (Å²) in [5.74, 6) is -1.29. The molecule has 0 radical (unpaired) electrons. The number of hydrogen-bond acceptors (Lipinski definition) is 6. The topological polar surface area (TPSA) is 139 Å². The smallest absolute Gasteiger partial charge is 0.331 e. The summed E-state index contributed by atoms with van der Waals surface area (Å²) in [5.41, 5.74) is -2.39. The molecule has 10 heteroatoms. The fourth-order valence-corrected chi connectivity index (χ4v) is 4.16. The molecule has 1 aliphatic heterocycles. The van der Waals surface area contributed by atoms with Gasteiger partial charge in [0.25, 0.3) is 11.1 Å². The molecule has 0 saturated carbocycles. The quantitative estimate of drug-likeness (QED) is 0.390. The van der Waals surface area contributed by atoms with Gasteiger partial charge < -0.3 is 9.84 Å². The van der Waals surface area contributed by atoms with E-state index >= 15 is 0 Å². The van der Waals surface area contributed by atoms with Gasteiger partial charge >= 0.3 is 11.4 Å². The molecule has 0 unspecified atom stereocenters. The number of aromatic amines is 2. The standard InChI is InChI=1S/C23H26N4O6/c1-3-5-11-26-20(29)16(18(28)24-22(26)31)15-13-9-7-8-10-14(13)33-19-17(15)21(30)27(12-6-4-2)23(32)25-19/h7-10,15,29H,3-6,11-12H2,1-2H3,(H,25,32)(H,24,28,31)/t15-/m0/s1. The zero-order chi connectivity index (χ0) is 23.7. The molecule has 1 aromatic carbocycles. The fourth-order valence-electron chi connectivity index (χ4n) is 4.16. The lowest BCUT2D eigenvalue weighted by molar-refractivity contribution is 0.380. The number of aromatic nitrogens is 4. The minimum absolute atomic E-state index is 0.0332. The van der Waals surface area contributed by atoms with Gasteiger partial charge in [-0.3, -0.25) is 28.7 Å². The van der Waals surface area contributed by atoms with Crippen molar-refractivity contribution in [3.8, 4) is 17.5 Å². The van der Waals surface area contributed by atoms with Crippen molar-refractivity contribution in [1.29, 1.82) is 0 Å². The average Bonchev–Trinajstić information content (AvgIpc) is 2.78. The second-order valence-electron chi connectivity index (χ2n) is 8.06. The van der Waals surface area contributed by atoms with Gasteiger partial charge in [0.15, 0.2) is 0 Å². The van der Waals surface area contributed by atoms with E-state index in [4.69, 9.17) is 4.74 Å². The number of fused-ring (bicyclic) bond motifs is 2. The maximum Gasteiger partial charge on any atom is 0.331 e. The highest BCUT2D eigenvalue weighted by molar-refractivity contribution is 5.56. The average molecular weight is 454 g/mol. The van der Waals surface area contributed by atoms with Crippen LogP contribution < -0.4 is 27.2 Å². The van der Waals surface area contributed by atoms with E-state index in [1.54, 1.807) is 24.3 Å². The number of H-pyrrole nitrogens is 2. The Morgan fingerprint density at radius 3 is 2.24 bits per heavy atom. The third-order valence-corrected chi connectivity index (χ3v) is 5.88. The van der Waals surface area contributed by atoms with Crippen molar-refractivity contribution in [3.63, 3.8) is 0 Å². The largest absolute Gasteiger partial charge is 0.494 e. The molecule has 0 bridgehead atoms. The van der Waals surface area contributed by atoms with Crippen LogP contribution in [0.15, 0.2) is 43.4 Å². The van der Waals surface area contributed by atoms with Crippen LogP contribution in [0.1, 0.15) is 62.1 Å². The molecule has 0 fully saturated rings. The second kappa shape index (κ2) is 8.97. The first-order valence-corrected chi connectivity index (χ1v) is 11.1. The Bertz CT molecular complexity index is 1430. The maximum absolute atomic E-state index is 13.5. The third kappa shape index (κ3) is 3.81. The Balaban J connectivity index is 2.05. The predicted octanol–water partition coefficient (Wildman–Crippen LogP) is 1.98. The number of nitrogens with zero attached hydrogens (tertiary/aromatic N) is 2. The Labute approximate surface area is 188 Å². The van der Waals surface area contributed by atoms with Crippen LogP contribution in [-0.2, 0) is 13.1 Å². The van der Waals surface area contributed by atoms with E-state index in [2.05, 4.69) is 9.97 Å². The van der Waals surface area contributed by atoms with Crippen molar-refractivity contribution in [2.75, 3.05) is 0 Å². The number of ether oxygens (including phenoxy) is 1. The van der Waals surface area contributed by atoms with Crippen LogP contribution >= 0.6 is 0 Å². The maximum atomic E-state index is 13.5. The van der Waals surface area contributed by atoms with Gasteiger partial charge in [0, 0.05) is 18.7 Å². The molecule has 1 atom stereocenters. The Morgan fingerprint density at radius 1 is 0.909 bits per heavy atom. The van der Waals surface area contributed by atoms with Crippen LogP contribution in [0.2, 0.25) is 0 Å².